The smallest absolute Gasteiger partial charge is 0.161 e. The first kappa shape index (κ1) is 21.7. The number of methoxy groups -OCH3 is 2. The van der Waals surface area contributed by atoms with Crippen LogP contribution in [-0.4, -0.2) is 25.2 Å². The van der Waals surface area contributed by atoms with Crippen molar-refractivity contribution in [3.63, 3.8) is 0 Å². The molecular weight excluding hydrogens is 406 g/mol. The molecule has 0 N–H and O–H groups in total. The predicted molar refractivity (Wildman–Crippen MR) is 128 cm³/mol. The third-order valence-electron chi connectivity index (χ3n) is 6.91. The van der Waals surface area contributed by atoms with E-state index in [9.17, 15) is 0 Å². The molecule has 0 bridgehead atoms. The van der Waals surface area contributed by atoms with Crippen molar-refractivity contribution >= 4 is 12.4 Å². The molecule has 3 aromatic carbocycles. The summed E-state index contributed by atoms with van der Waals surface area (Å²) in [6.07, 6.45) is 2.23. The number of ether oxygens (including phenoxy) is 2. The molecule has 0 saturated carbocycles. The molecule has 0 amide bonds. The van der Waals surface area contributed by atoms with E-state index in [4.69, 9.17) is 9.47 Å². The Morgan fingerprint density at radius 1 is 0.903 bits per heavy atom. The van der Waals surface area contributed by atoms with Gasteiger partial charge in [-0.3, -0.25) is 4.90 Å². The predicted octanol–water partition coefficient (Wildman–Crippen LogP) is 5.90. The van der Waals surface area contributed by atoms with E-state index in [1.54, 1.807) is 14.2 Å². The second kappa shape index (κ2) is 8.94. The van der Waals surface area contributed by atoms with Crippen LogP contribution in [0.2, 0.25) is 0 Å². The number of fused-ring (bicyclic) bond motifs is 5. The van der Waals surface area contributed by atoms with Crippen molar-refractivity contribution < 1.29 is 9.47 Å². The van der Waals surface area contributed by atoms with Crippen LogP contribution in [0.3, 0.4) is 0 Å². The van der Waals surface area contributed by atoms with E-state index in [-0.39, 0.29) is 12.4 Å². The van der Waals surface area contributed by atoms with E-state index >= 15 is 0 Å². The Morgan fingerprint density at radius 2 is 1.65 bits per heavy atom. The minimum Gasteiger partial charge on any atom is -0.493 e. The highest BCUT2D eigenvalue weighted by Gasteiger charge is 2.40. The molecular formula is C27H30ClNO2. The second-order valence-corrected chi connectivity index (χ2v) is 8.52. The Hall–Kier alpha value is -2.49. The van der Waals surface area contributed by atoms with Crippen molar-refractivity contribution in [2.24, 2.45) is 0 Å². The van der Waals surface area contributed by atoms with Crippen LogP contribution >= 0.6 is 12.4 Å². The Kier molecular flexibility index (Phi) is 6.27. The van der Waals surface area contributed by atoms with Gasteiger partial charge in [0.25, 0.3) is 0 Å². The lowest BCUT2D eigenvalue weighted by atomic mass is 9.70. The lowest BCUT2D eigenvalue weighted by molar-refractivity contribution is 0.132. The molecule has 0 saturated heterocycles. The van der Waals surface area contributed by atoms with Gasteiger partial charge in [0.1, 0.15) is 0 Å². The topological polar surface area (TPSA) is 21.7 Å². The molecule has 162 valence electrons. The number of halogens is 1. The van der Waals surface area contributed by atoms with Crippen LogP contribution in [0.5, 0.6) is 11.5 Å². The highest BCUT2D eigenvalue weighted by molar-refractivity contribution is 5.85. The van der Waals surface area contributed by atoms with Gasteiger partial charge < -0.3 is 9.47 Å². The summed E-state index contributed by atoms with van der Waals surface area (Å²) < 4.78 is 11.3. The monoisotopic (exact) mass is 435 g/mol. The quantitative estimate of drug-likeness (QED) is 0.509. The van der Waals surface area contributed by atoms with E-state index in [2.05, 4.69) is 72.5 Å². The first-order valence-electron chi connectivity index (χ1n) is 10.8. The van der Waals surface area contributed by atoms with Crippen LogP contribution in [0.25, 0.3) is 0 Å². The number of benzene rings is 3. The van der Waals surface area contributed by atoms with Crippen LogP contribution in [0, 0.1) is 6.92 Å². The van der Waals surface area contributed by atoms with Crippen molar-refractivity contribution in [2.75, 3.05) is 14.2 Å². The molecule has 1 aliphatic carbocycles. The zero-order valence-electron chi connectivity index (χ0n) is 18.4. The maximum atomic E-state index is 5.68. The van der Waals surface area contributed by atoms with Gasteiger partial charge in [0.2, 0.25) is 0 Å². The average molecular weight is 436 g/mol. The normalized spacial score (nSPS) is 19.5. The summed E-state index contributed by atoms with van der Waals surface area (Å²) >= 11 is 0. The van der Waals surface area contributed by atoms with E-state index in [0.29, 0.717) is 12.0 Å². The highest BCUT2D eigenvalue weighted by atomic mass is 35.5. The summed E-state index contributed by atoms with van der Waals surface area (Å²) in [6.45, 7) is 4.25. The first-order valence-corrected chi connectivity index (χ1v) is 10.8. The van der Waals surface area contributed by atoms with Gasteiger partial charge in [-0.05, 0) is 65.3 Å². The van der Waals surface area contributed by atoms with Gasteiger partial charge in [0.15, 0.2) is 11.5 Å². The zero-order valence-corrected chi connectivity index (χ0v) is 19.2. The molecule has 0 aromatic heterocycles. The maximum Gasteiger partial charge on any atom is 0.161 e. The lowest BCUT2D eigenvalue weighted by Gasteiger charge is -2.46. The molecule has 5 rings (SSSR count). The van der Waals surface area contributed by atoms with E-state index in [0.717, 1.165) is 37.4 Å². The van der Waals surface area contributed by atoms with Gasteiger partial charge >= 0.3 is 0 Å². The third kappa shape index (κ3) is 3.81. The summed E-state index contributed by atoms with van der Waals surface area (Å²) in [5.41, 5.74) is 8.52. The van der Waals surface area contributed by atoms with Crippen LogP contribution in [0.4, 0.5) is 0 Å². The molecule has 2 unspecified atom stereocenters. The summed E-state index contributed by atoms with van der Waals surface area (Å²) in [5, 5.41) is 0. The van der Waals surface area contributed by atoms with Crippen molar-refractivity contribution in [2.45, 2.75) is 44.8 Å². The van der Waals surface area contributed by atoms with Gasteiger partial charge in [0.05, 0.1) is 14.2 Å². The fraction of sp³-hybridized carbons (Fsp3) is 0.333. The number of nitrogens with zero attached hydrogens (tertiary/aromatic N) is 1. The summed E-state index contributed by atoms with van der Waals surface area (Å²) in [5.74, 6) is 2.02. The molecule has 0 radical (unpaired) electrons. The lowest BCUT2D eigenvalue weighted by Crippen LogP contribution is -2.45. The van der Waals surface area contributed by atoms with Gasteiger partial charge in [-0.25, -0.2) is 0 Å². The number of hydrogen-bond acceptors (Lipinski definition) is 3. The molecule has 1 aliphatic heterocycles. The molecule has 2 atom stereocenters. The summed E-state index contributed by atoms with van der Waals surface area (Å²) in [6, 6.07) is 22.6. The number of hydrogen-bond donors (Lipinski definition) is 0. The van der Waals surface area contributed by atoms with E-state index in [1.807, 2.05) is 0 Å². The Labute approximate surface area is 191 Å². The second-order valence-electron chi connectivity index (χ2n) is 8.52. The minimum absolute atomic E-state index is 0. The van der Waals surface area contributed by atoms with Crippen LogP contribution in [0.15, 0.2) is 60.7 Å². The first-order chi connectivity index (χ1) is 14.7. The fourth-order valence-electron chi connectivity index (χ4n) is 5.43. The van der Waals surface area contributed by atoms with Crippen molar-refractivity contribution in [1.29, 1.82) is 0 Å². The molecule has 3 aromatic rings. The molecule has 31 heavy (non-hydrogen) atoms. The molecule has 1 heterocycles. The Balaban J connectivity index is 0.00000231. The molecule has 3 nitrogen and oxygen atoms in total. The van der Waals surface area contributed by atoms with Crippen LogP contribution < -0.4 is 9.47 Å². The molecule has 2 aliphatic rings. The number of rotatable bonds is 4. The Morgan fingerprint density at radius 3 is 2.39 bits per heavy atom. The molecule has 0 fully saturated rings. The standard InChI is InChI=1S/C27H29NO2.ClH/c1-18-8-7-11-21-23(18)17-28(16-19-9-5-4-6-10-19)24-13-12-20-14-25(29-2)26(30-3)15-22(20)27(21)24;/h4-11,14-15,24,27H,12-13,16-17H2,1-3H3;1H. The van der Waals surface area contributed by atoms with Crippen LogP contribution in [0.1, 0.15) is 45.7 Å². The van der Waals surface area contributed by atoms with Crippen molar-refractivity contribution in [1.82, 2.24) is 4.90 Å². The highest BCUT2D eigenvalue weighted by Crippen LogP contribution is 2.48. The largest absolute Gasteiger partial charge is 0.493 e. The van der Waals surface area contributed by atoms with Crippen LogP contribution in [-0.2, 0) is 19.5 Å². The minimum atomic E-state index is 0. The summed E-state index contributed by atoms with van der Waals surface area (Å²) in [4.78, 5) is 2.69. The SMILES string of the molecule is COc1cc2c(cc1OC)C1c3cccc(C)c3CN(Cc3ccccc3)C1CC2.Cl. The molecule has 4 heteroatoms. The number of aryl methyl sites for hydroxylation is 2. The fourth-order valence-corrected chi connectivity index (χ4v) is 5.43. The van der Waals surface area contributed by atoms with Gasteiger partial charge in [-0.1, -0.05) is 48.5 Å². The van der Waals surface area contributed by atoms with E-state index in [1.165, 1.54) is 33.4 Å². The summed E-state index contributed by atoms with van der Waals surface area (Å²) in [7, 11) is 3.45. The van der Waals surface area contributed by atoms with Gasteiger partial charge in [0, 0.05) is 25.0 Å². The van der Waals surface area contributed by atoms with E-state index < -0.39 is 0 Å². The average Bonchev–Trinajstić information content (AvgIpc) is 2.79. The third-order valence-corrected chi connectivity index (χ3v) is 6.91. The Bertz CT molecular complexity index is 1070. The molecule has 0 spiro atoms. The van der Waals surface area contributed by atoms with Crippen molar-refractivity contribution in [3.8, 4) is 11.5 Å². The van der Waals surface area contributed by atoms with Gasteiger partial charge in [-0.2, -0.15) is 0 Å². The van der Waals surface area contributed by atoms with Crippen molar-refractivity contribution in [3.05, 3.63) is 94.0 Å². The maximum absolute atomic E-state index is 5.68. The zero-order chi connectivity index (χ0) is 20.7. The van der Waals surface area contributed by atoms with Gasteiger partial charge in [-0.15, -0.1) is 12.4 Å².